The van der Waals surface area contributed by atoms with Crippen LogP contribution in [0.15, 0.2) is 86.8 Å². The summed E-state index contributed by atoms with van der Waals surface area (Å²) in [4.78, 5) is 122. The van der Waals surface area contributed by atoms with Crippen LogP contribution in [0.2, 0.25) is 0 Å². The number of unbranched alkanes of at least 4 members (excludes halogenated alkanes) is 4. The molecule has 0 aromatic heterocycles. The number of fused-ring (bicyclic) bond motifs is 1. The summed E-state index contributed by atoms with van der Waals surface area (Å²) in [6.45, 7) is 23.0. The maximum Gasteiger partial charge on any atom is 0.348 e. The number of hydrogen-bond acceptors (Lipinski definition) is 19. The number of ketones is 6. The number of benzene rings is 1. The van der Waals surface area contributed by atoms with Gasteiger partial charge in [-0.25, -0.2) is 9.59 Å². The quantitative estimate of drug-likeness (QED) is 0.00792. The van der Waals surface area contributed by atoms with E-state index in [0.29, 0.717) is 48.1 Å². The first-order chi connectivity index (χ1) is 41.9. The molecule has 1 aromatic carbocycles. The number of carbonyl (C=O) groups excluding carboxylic acids is 6. The molecule has 5 N–H and O–H groups in total. The second-order valence-corrected chi connectivity index (χ2v) is 28.6. The summed E-state index contributed by atoms with van der Waals surface area (Å²) >= 11 is 0. The van der Waals surface area contributed by atoms with E-state index < -0.39 is 87.9 Å². The van der Waals surface area contributed by atoms with Crippen molar-refractivity contribution in [3.63, 3.8) is 0 Å². The first-order valence-electron chi connectivity index (χ1n) is 30.2. The molecule has 0 spiro atoms. The highest BCUT2D eigenvalue weighted by Crippen LogP contribution is 2.72. The number of carboxylic acids is 3. The summed E-state index contributed by atoms with van der Waals surface area (Å²) in [5, 5.41) is 58.5. The number of aliphatic hydroxyl groups is 1. The minimum atomic E-state index is -5.72. The molecular weight excluding hydrogens is 1210 g/mol. The predicted octanol–water partition coefficient (Wildman–Crippen LogP) is 12.4. The molecule has 1 heterocycles. The molecule has 2 atom stereocenters. The van der Waals surface area contributed by atoms with Crippen molar-refractivity contribution in [2.75, 3.05) is 6.61 Å². The number of rotatable bonds is 36. The van der Waals surface area contributed by atoms with Crippen molar-refractivity contribution in [1.29, 1.82) is 0 Å². The Morgan fingerprint density at radius 2 is 1.21 bits per heavy atom. The number of allylic oxidation sites excluding steroid dienone is 11. The van der Waals surface area contributed by atoms with E-state index in [4.69, 9.17) is 9.84 Å². The zero-order valence-corrected chi connectivity index (χ0v) is 56.3. The van der Waals surface area contributed by atoms with Gasteiger partial charge in [0.25, 0.3) is 0 Å². The van der Waals surface area contributed by atoms with Crippen molar-refractivity contribution in [1.82, 2.24) is 0 Å². The van der Waals surface area contributed by atoms with E-state index in [0.717, 1.165) is 88.2 Å². The maximum absolute atomic E-state index is 12.4. The van der Waals surface area contributed by atoms with Gasteiger partial charge in [-0.05, 0) is 170 Å². The Morgan fingerprint density at radius 1 is 0.678 bits per heavy atom. The summed E-state index contributed by atoms with van der Waals surface area (Å²) in [6.07, 6.45) is 21.2. The number of aryl methyl sites for hydroxylation is 1. The molecule has 1 aliphatic heterocycles. The molecule has 504 valence electrons. The van der Waals surface area contributed by atoms with Crippen LogP contribution in [0.4, 0.5) is 0 Å². The van der Waals surface area contributed by atoms with Gasteiger partial charge in [0, 0.05) is 31.3 Å². The van der Waals surface area contributed by atoms with Crippen molar-refractivity contribution in [2.24, 2.45) is 0 Å². The number of phenols is 1. The maximum atomic E-state index is 12.4. The van der Waals surface area contributed by atoms with Gasteiger partial charge in [-0.1, -0.05) is 97.8 Å². The minimum Gasteiger partial charge on any atom is -0.802 e. The van der Waals surface area contributed by atoms with Crippen LogP contribution in [0.5, 0.6) is 11.5 Å². The zero-order chi connectivity index (χ0) is 69.1. The van der Waals surface area contributed by atoms with Crippen molar-refractivity contribution >= 4 is 67.2 Å². The lowest BCUT2D eigenvalue weighted by Gasteiger charge is -2.37. The molecule has 1 aliphatic carbocycles. The van der Waals surface area contributed by atoms with E-state index in [-0.39, 0.29) is 64.6 Å². The van der Waals surface area contributed by atoms with Crippen molar-refractivity contribution in [3.05, 3.63) is 103 Å². The van der Waals surface area contributed by atoms with Gasteiger partial charge in [-0.2, -0.15) is 0 Å². The zero-order valence-electron chi connectivity index (χ0n) is 54.5. The second kappa shape index (κ2) is 42.5. The van der Waals surface area contributed by atoms with Gasteiger partial charge in [-0.3, -0.25) is 38.1 Å². The van der Waals surface area contributed by atoms with Crippen LogP contribution in [0.1, 0.15) is 239 Å². The highest BCUT2D eigenvalue weighted by atomic mass is 32.1. The van der Waals surface area contributed by atoms with E-state index in [1.807, 2.05) is 39.0 Å². The molecule has 0 bridgehead atoms. The normalized spacial score (nSPS) is 15.3. The minimum absolute atomic E-state index is 0.0524. The Hall–Kier alpha value is -6.51. The summed E-state index contributed by atoms with van der Waals surface area (Å²) in [5.74, 6) is -7.08. The number of aliphatic carboxylic acids is 2. The number of aromatic hydroxyl groups is 1. The van der Waals surface area contributed by atoms with E-state index in [2.05, 4.69) is 69.8 Å². The predicted molar refractivity (Wildman–Crippen MR) is 336 cm³/mol. The average Bonchev–Trinajstić information content (AvgIpc) is 0.833. The molecule has 0 saturated heterocycles. The van der Waals surface area contributed by atoms with Gasteiger partial charge >= 0.3 is 25.2 Å². The Morgan fingerprint density at radius 3 is 1.70 bits per heavy atom. The number of carboxylic acid groups (broad SMARTS) is 3. The highest BCUT2D eigenvalue weighted by Gasteiger charge is 2.35. The Balaban J connectivity index is 0.00000119. The Labute approximate surface area is 529 Å². The van der Waals surface area contributed by atoms with Gasteiger partial charge in [0.2, 0.25) is 5.78 Å². The molecule has 24 heteroatoms. The number of Topliss-reactive ketones (excluding diaryl/α,β-unsaturated/α-hetero) is 6. The van der Waals surface area contributed by atoms with Crippen molar-refractivity contribution in [2.45, 2.75) is 236 Å². The molecule has 1 aromatic rings. The van der Waals surface area contributed by atoms with Crippen molar-refractivity contribution < 1.29 is 107 Å². The number of hydrogen-bond donors (Lipinski definition) is 5. The molecule has 3 rings (SSSR count). The fourth-order valence-corrected chi connectivity index (χ4v) is 10.4. The van der Waals surface area contributed by atoms with Gasteiger partial charge in [0.15, 0.2) is 11.6 Å². The first kappa shape index (κ1) is 83.5. The van der Waals surface area contributed by atoms with Gasteiger partial charge in [-0.15, -0.1) is 0 Å². The molecule has 0 fully saturated rings. The summed E-state index contributed by atoms with van der Waals surface area (Å²) in [7, 11) is -10.9. The lowest BCUT2D eigenvalue weighted by molar-refractivity contribution is -0.639. The van der Waals surface area contributed by atoms with Crippen LogP contribution in [0.25, 0.3) is 0 Å². The van der Waals surface area contributed by atoms with Crippen LogP contribution in [0.3, 0.4) is 0 Å². The van der Waals surface area contributed by atoms with Crippen LogP contribution in [-0.4, -0.2) is 90.3 Å². The summed E-state index contributed by atoms with van der Waals surface area (Å²) in [6, 6.07) is 1.85. The Bertz CT molecular complexity index is 3000. The largest absolute Gasteiger partial charge is 0.802 e. The highest BCUT2D eigenvalue weighted by molar-refractivity contribution is 8.25. The van der Waals surface area contributed by atoms with E-state index in [9.17, 15) is 87.8 Å². The topological polar surface area (TPSA) is 386 Å². The molecular formula is C66H95O22P2-3. The number of ether oxygens (including phenoxy) is 1. The molecule has 22 nitrogen and oxygen atoms in total. The van der Waals surface area contributed by atoms with E-state index >= 15 is 0 Å². The smallest absolute Gasteiger partial charge is 0.348 e. The third-order valence-corrected chi connectivity index (χ3v) is 17.7. The standard InChI is InChI=1S/2C22H32O4.C12H14O7.C10H20O7P2/c1-5-6-7-10-16-14-18-17(20(23)19(16)21(24)25)11-13-22(4,26-18)12-8-9-15(2)3;1-5-6-7-11-17-14-19(23)18(21(24)20(17)22(25)26)13-12-16(4)10-8-9-15(2)3;1-7(13)4-8(14)5-9(15)6-11(17)10(16)2-3-12(18)19;1-9(2)5-4-6-10(3)7-8-16-19(15,17-11)18(12,13)14/h9,14,23H,5-8,10-13H2,1-4H3,(H,24,25);9,12,24H,5-8,10-11,13-14H2,1-4H3,(H,25,26);2-6H2,1H3,(H,18,19);5,7,11H,4,6,8H2,1-3H3,(H2,12,13,14)/p-3/b;16-12+;;10-7+. The molecule has 0 saturated carbocycles. The second-order valence-electron chi connectivity index (χ2n) is 23.3. The molecule has 2 unspecified atom stereocenters. The summed E-state index contributed by atoms with van der Waals surface area (Å²) in [5.41, 5.74) is 7.53. The number of carbonyl (C=O) groups is 9. The SMILES string of the molecule is CC(=O)CC(=O)CC(=O)CC(=O)C(=O)CCC(=O)O.CC(C)=CCC/C(C)=C/COP(=O)(O[O-])P(=O)([O-])[O-].CCCCCC1=C(C(=O)O)C(O)=C(C/C=C(\C)CCC=C(C)C)C(=O)C1.CCCCCc1cc2c(c(O)c1C(=O)O)CCC(C)(CCC=C(C)C)O2. The van der Waals surface area contributed by atoms with Crippen LogP contribution >= 0.6 is 14.6 Å². The fraction of sp³-hybridized carbons (Fsp3) is 0.561. The Kier molecular flexibility index (Phi) is 39.5. The van der Waals surface area contributed by atoms with Gasteiger partial charge in [0.1, 0.15) is 51.3 Å². The lowest BCUT2D eigenvalue weighted by Crippen LogP contribution is -2.36. The van der Waals surface area contributed by atoms with E-state index in [1.54, 1.807) is 6.92 Å². The first-order valence-corrected chi connectivity index (χ1v) is 34.0. The lowest BCUT2D eigenvalue weighted by atomic mass is 9.85. The number of aromatic carboxylic acids is 1. The molecule has 0 amide bonds. The third-order valence-electron chi connectivity index (χ3n) is 14.1. The third kappa shape index (κ3) is 33.0. The molecule has 90 heavy (non-hydrogen) atoms. The van der Waals surface area contributed by atoms with Crippen molar-refractivity contribution in [3.8, 4) is 11.5 Å². The van der Waals surface area contributed by atoms with Gasteiger partial charge in [0.05, 0.1) is 32.3 Å². The average molecular weight is 1300 g/mol. The fourth-order valence-electron chi connectivity index (χ4n) is 9.05. The van der Waals surface area contributed by atoms with Crippen LogP contribution < -0.4 is 19.8 Å². The summed E-state index contributed by atoms with van der Waals surface area (Å²) < 4.78 is 35.3. The van der Waals surface area contributed by atoms with Gasteiger partial charge < -0.3 is 59.1 Å². The molecule has 2 aliphatic rings. The van der Waals surface area contributed by atoms with Crippen LogP contribution in [0, 0.1) is 0 Å². The van der Waals surface area contributed by atoms with Crippen LogP contribution in [-0.2, 0) is 69.5 Å². The monoisotopic (exact) mass is 1300 g/mol. The number of aliphatic hydroxyl groups excluding tert-OH is 1. The van der Waals surface area contributed by atoms with E-state index in [1.165, 1.54) is 29.7 Å². The molecule has 0 radical (unpaired) electrons.